The van der Waals surface area contributed by atoms with Gasteiger partial charge in [0, 0.05) is 0 Å². The third-order valence-corrected chi connectivity index (χ3v) is 3.76. The van der Waals surface area contributed by atoms with Crippen LogP contribution >= 0.6 is 24.4 Å². The number of hydrogen-bond donors (Lipinski definition) is 5. The molecule has 20 heavy (non-hydrogen) atoms. The number of H-pyrrole nitrogens is 2. The fraction of sp³-hybridized carbons (Fsp3) is 0.500. The van der Waals surface area contributed by atoms with Crippen LogP contribution in [0.25, 0.3) is 11.2 Å². The van der Waals surface area contributed by atoms with E-state index >= 15 is 0 Å². The third kappa shape index (κ3) is 2.01. The number of ether oxygens (including phenoxy) is 1. The zero-order chi connectivity index (χ0) is 14.4. The van der Waals surface area contributed by atoms with E-state index in [1.807, 2.05) is 0 Å². The van der Waals surface area contributed by atoms with Gasteiger partial charge in [0.05, 0.1) is 12.9 Å². The van der Waals surface area contributed by atoms with Crippen molar-refractivity contribution in [2.24, 2.45) is 0 Å². The van der Waals surface area contributed by atoms with Crippen LogP contribution < -0.4 is 0 Å². The average Bonchev–Trinajstić information content (AvgIpc) is 2.93. The van der Waals surface area contributed by atoms with E-state index in [9.17, 15) is 10.2 Å². The van der Waals surface area contributed by atoms with Gasteiger partial charge in [0.1, 0.15) is 34.1 Å². The van der Waals surface area contributed by atoms with E-state index in [1.54, 1.807) is 0 Å². The molecule has 0 bridgehead atoms. The molecular formula is C10H12N4O4S2. The predicted molar refractivity (Wildman–Crippen MR) is 73.1 cm³/mol. The zero-order valence-electron chi connectivity index (χ0n) is 10.1. The van der Waals surface area contributed by atoms with Crippen LogP contribution in [0.3, 0.4) is 0 Å². The molecular weight excluding hydrogens is 304 g/mol. The van der Waals surface area contributed by atoms with Crippen molar-refractivity contribution >= 4 is 35.6 Å². The summed E-state index contributed by atoms with van der Waals surface area (Å²) in [5.74, 6) is 0. The maximum atomic E-state index is 10.0. The number of fused-ring (bicyclic) bond motifs is 1. The van der Waals surface area contributed by atoms with Gasteiger partial charge in [-0.15, -0.1) is 0 Å². The molecule has 3 rings (SSSR count). The number of aromatic amines is 2. The second-order valence-corrected chi connectivity index (χ2v) is 5.30. The Hall–Kier alpha value is -1.17. The summed E-state index contributed by atoms with van der Waals surface area (Å²) < 4.78 is 7.63. The van der Waals surface area contributed by atoms with Crippen molar-refractivity contribution < 1.29 is 20.1 Å². The van der Waals surface area contributed by atoms with Gasteiger partial charge in [-0.05, 0) is 12.2 Å². The maximum absolute atomic E-state index is 10.0. The average molecular weight is 316 g/mol. The molecule has 0 aliphatic carbocycles. The van der Waals surface area contributed by atoms with Crippen LogP contribution in [0.15, 0.2) is 6.33 Å². The van der Waals surface area contributed by atoms with Gasteiger partial charge in [-0.2, -0.15) is 0 Å². The molecule has 0 spiro atoms. The van der Waals surface area contributed by atoms with Crippen molar-refractivity contribution in [2.45, 2.75) is 24.5 Å². The molecule has 2 aromatic heterocycles. The van der Waals surface area contributed by atoms with E-state index in [0.717, 1.165) is 0 Å². The Morgan fingerprint density at radius 2 is 2.05 bits per heavy atom. The molecule has 5 N–H and O–H groups in total. The number of nitrogens with one attached hydrogen (secondary N) is 2. The van der Waals surface area contributed by atoms with Gasteiger partial charge < -0.3 is 30.0 Å². The Labute approximate surface area is 122 Å². The Morgan fingerprint density at radius 3 is 2.70 bits per heavy atom. The molecule has 1 saturated heterocycles. The summed E-state index contributed by atoms with van der Waals surface area (Å²) in [6.07, 6.45) is -2.67. The van der Waals surface area contributed by atoms with Gasteiger partial charge in [-0.3, -0.25) is 4.57 Å². The first-order valence-electron chi connectivity index (χ1n) is 5.84. The number of nitrogens with zero attached hydrogens (tertiary/aromatic N) is 2. The number of aliphatic hydroxyl groups is 3. The highest BCUT2D eigenvalue weighted by Gasteiger charge is 2.43. The summed E-state index contributed by atoms with van der Waals surface area (Å²) in [5, 5.41) is 28.9. The number of imidazole rings is 1. The van der Waals surface area contributed by atoms with Crippen molar-refractivity contribution in [3.63, 3.8) is 0 Å². The van der Waals surface area contributed by atoms with Gasteiger partial charge in [-0.1, -0.05) is 12.2 Å². The molecule has 1 aliphatic rings. The SMILES string of the molecule is OC[C@H]1O[C@@H](n2cnc3c(=S)[nH]c(=S)[nH]c32)[C@H](O)[C@@H]1O. The van der Waals surface area contributed by atoms with Crippen LogP contribution in [0.1, 0.15) is 6.23 Å². The molecule has 3 heterocycles. The van der Waals surface area contributed by atoms with E-state index in [4.69, 9.17) is 34.3 Å². The molecule has 2 aromatic rings. The molecule has 10 heteroatoms. The van der Waals surface area contributed by atoms with Crippen LogP contribution in [0.2, 0.25) is 0 Å². The van der Waals surface area contributed by atoms with Crippen molar-refractivity contribution in [3.05, 3.63) is 15.7 Å². The van der Waals surface area contributed by atoms with Crippen LogP contribution in [0.4, 0.5) is 0 Å². The second-order valence-electron chi connectivity index (χ2n) is 4.49. The maximum Gasteiger partial charge on any atom is 0.177 e. The topological polar surface area (TPSA) is 119 Å². The van der Waals surface area contributed by atoms with E-state index in [-0.39, 0.29) is 0 Å². The highest BCUT2D eigenvalue weighted by molar-refractivity contribution is 7.72. The first kappa shape index (κ1) is 13.8. The van der Waals surface area contributed by atoms with Crippen LogP contribution in [-0.2, 0) is 4.74 Å². The van der Waals surface area contributed by atoms with Crippen molar-refractivity contribution in [3.8, 4) is 0 Å². The molecule has 4 atom stereocenters. The fourth-order valence-electron chi connectivity index (χ4n) is 2.25. The minimum absolute atomic E-state index is 0.316. The number of aromatic nitrogens is 4. The fourth-order valence-corrected chi connectivity index (χ4v) is 2.77. The summed E-state index contributed by atoms with van der Waals surface area (Å²) in [5.41, 5.74) is 0.958. The largest absolute Gasteiger partial charge is 0.394 e. The summed E-state index contributed by atoms with van der Waals surface area (Å²) in [4.78, 5) is 9.77. The quantitative estimate of drug-likeness (QED) is 0.485. The van der Waals surface area contributed by atoms with Gasteiger partial charge in [0.2, 0.25) is 0 Å². The van der Waals surface area contributed by atoms with E-state index < -0.39 is 31.1 Å². The Bertz CT molecular complexity index is 754. The summed E-state index contributed by atoms with van der Waals surface area (Å²) in [6.45, 7) is -0.391. The Kier molecular flexibility index (Phi) is 3.44. The minimum Gasteiger partial charge on any atom is -0.394 e. The lowest BCUT2D eigenvalue weighted by Crippen LogP contribution is -2.33. The predicted octanol–water partition coefficient (Wildman–Crippen LogP) is -0.237. The molecule has 108 valence electrons. The smallest absolute Gasteiger partial charge is 0.177 e. The van der Waals surface area contributed by atoms with Gasteiger partial charge in [0.15, 0.2) is 11.0 Å². The summed E-state index contributed by atoms with van der Waals surface area (Å²) in [7, 11) is 0. The van der Waals surface area contributed by atoms with E-state index in [0.29, 0.717) is 20.6 Å². The standard InChI is InChI=1S/C10H12N4O4S2/c15-1-3-5(16)6(17)9(18-3)14-2-11-4-7(14)12-10(20)13-8(4)19/h2-3,5-6,9,15-17H,1H2,(H2,12,13,19,20)/t3-,5-,6-,9-/m1/s1. The Morgan fingerprint density at radius 1 is 1.30 bits per heavy atom. The minimum atomic E-state index is -1.19. The highest BCUT2D eigenvalue weighted by atomic mass is 32.1. The third-order valence-electron chi connectivity index (χ3n) is 3.26. The molecule has 8 nitrogen and oxygen atoms in total. The molecule has 0 unspecified atom stereocenters. The normalized spacial score (nSPS) is 30.1. The Balaban J connectivity index is 2.12. The zero-order valence-corrected chi connectivity index (χ0v) is 11.7. The number of rotatable bonds is 2. The van der Waals surface area contributed by atoms with Gasteiger partial charge in [-0.25, -0.2) is 4.98 Å². The van der Waals surface area contributed by atoms with Crippen molar-refractivity contribution in [2.75, 3.05) is 6.61 Å². The van der Waals surface area contributed by atoms with Crippen LogP contribution in [0.5, 0.6) is 0 Å². The molecule has 0 aromatic carbocycles. The number of hydrogen-bond acceptors (Lipinski definition) is 7. The first-order valence-corrected chi connectivity index (χ1v) is 6.66. The molecule has 0 radical (unpaired) electrons. The molecule has 0 saturated carbocycles. The lowest BCUT2D eigenvalue weighted by Gasteiger charge is -2.16. The van der Waals surface area contributed by atoms with Crippen molar-refractivity contribution in [1.29, 1.82) is 0 Å². The van der Waals surface area contributed by atoms with Crippen LogP contribution in [0, 0.1) is 9.41 Å². The summed E-state index contributed by atoms with van der Waals surface area (Å²) in [6, 6.07) is 0. The lowest BCUT2D eigenvalue weighted by molar-refractivity contribution is -0.0511. The van der Waals surface area contributed by atoms with E-state index in [1.165, 1.54) is 10.9 Å². The summed E-state index contributed by atoms with van der Waals surface area (Å²) >= 11 is 10.1. The molecule has 1 fully saturated rings. The monoisotopic (exact) mass is 316 g/mol. The second kappa shape index (κ2) is 4.98. The van der Waals surface area contributed by atoms with Crippen LogP contribution in [-0.4, -0.2) is 59.8 Å². The molecule has 0 amide bonds. The highest BCUT2D eigenvalue weighted by Crippen LogP contribution is 2.31. The van der Waals surface area contributed by atoms with E-state index in [2.05, 4.69) is 15.0 Å². The van der Waals surface area contributed by atoms with Crippen molar-refractivity contribution in [1.82, 2.24) is 19.5 Å². The first-order chi connectivity index (χ1) is 9.52. The molecule has 1 aliphatic heterocycles. The number of aliphatic hydroxyl groups excluding tert-OH is 3. The van der Waals surface area contributed by atoms with Gasteiger partial charge >= 0.3 is 0 Å². The lowest BCUT2D eigenvalue weighted by atomic mass is 10.1. The van der Waals surface area contributed by atoms with Gasteiger partial charge in [0.25, 0.3) is 0 Å².